The van der Waals surface area contributed by atoms with Gasteiger partial charge in [-0.05, 0) is 48.2 Å². The molecule has 0 aromatic heterocycles. The van der Waals surface area contributed by atoms with Crippen LogP contribution in [0.1, 0.15) is 27.6 Å². The van der Waals surface area contributed by atoms with Crippen molar-refractivity contribution in [3.63, 3.8) is 0 Å². The summed E-state index contributed by atoms with van der Waals surface area (Å²) in [5, 5.41) is -0.301. The first-order valence-corrected chi connectivity index (χ1v) is 5.98. The number of halogens is 2. The Morgan fingerprint density at radius 3 is 2.29 bits per heavy atom. The lowest BCUT2D eigenvalue weighted by Crippen LogP contribution is -1.95. The van der Waals surface area contributed by atoms with Crippen molar-refractivity contribution in [3.05, 3.63) is 70.5 Å². The molecule has 0 N–H and O–H groups in total. The van der Waals surface area contributed by atoms with E-state index in [1.54, 1.807) is 6.07 Å². The highest BCUT2D eigenvalue weighted by Gasteiger charge is 2.11. The van der Waals surface area contributed by atoms with Gasteiger partial charge in [0.15, 0.2) is 0 Å². The summed E-state index contributed by atoms with van der Waals surface area (Å²) >= 11 is 6.36. The molecule has 17 heavy (non-hydrogen) atoms. The number of benzene rings is 2. The van der Waals surface area contributed by atoms with Crippen LogP contribution in [0.2, 0.25) is 0 Å². The van der Waals surface area contributed by atoms with Crippen molar-refractivity contribution >= 4 is 11.6 Å². The van der Waals surface area contributed by atoms with Crippen LogP contribution in [0.15, 0.2) is 42.5 Å². The molecule has 2 rings (SSSR count). The molecule has 1 atom stereocenters. The van der Waals surface area contributed by atoms with E-state index in [4.69, 9.17) is 11.6 Å². The zero-order valence-electron chi connectivity index (χ0n) is 9.87. The topological polar surface area (TPSA) is 0 Å². The van der Waals surface area contributed by atoms with Gasteiger partial charge in [-0.3, -0.25) is 0 Å². The Hall–Kier alpha value is -1.34. The lowest BCUT2D eigenvalue weighted by molar-refractivity contribution is 0.626. The summed E-state index contributed by atoms with van der Waals surface area (Å²) in [5.41, 5.74) is 4.22. The molecule has 0 amide bonds. The molecule has 0 saturated heterocycles. The second kappa shape index (κ2) is 4.89. The number of hydrogen-bond acceptors (Lipinski definition) is 0. The van der Waals surface area contributed by atoms with Crippen LogP contribution in [-0.4, -0.2) is 0 Å². The van der Waals surface area contributed by atoms with Crippen LogP contribution in [-0.2, 0) is 0 Å². The summed E-state index contributed by atoms with van der Waals surface area (Å²) in [5.74, 6) is -0.253. The fraction of sp³-hybridized carbons (Fsp3) is 0.200. The third-order valence-electron chi connectivity index (χ3n) is 2.96. The molecule has 0 radical (unpaired) electrons. The van der Waals surface area contributed by atoms with Gasteiger partial charge in [0.05, 0.1) is 5.38 Å². The van der Waals surface area contributed by atoms with Crippen LogP contribution in [0, 0.1) is 19.7 Å². The molecular weight excluding hydrogens is 235 g/mol. The van der Waals surface area contributed by atoms with E-state index >= 15 is 0 Å². The van der Waals surface area contributed by atoms with Gasteiger partial charge in [-0.15, -0.1) is 11.6 Å². The minimum absolute atomic E-state index is 0.253. The number of alkyl halides is 1. The van der Waals surface area contributed by atoms with Crippen molar-refractivity contribution in [1.29, 1.82) is 0 Å². The molecule has 0 aliphatic rings. The van der Waals surface area contributed by atoms with Crippen molar-refractivity contribution in [1.82, 2.24) is 0 Å². The fourth-order valence-electron chi connectivity index (χ4n) is 1.78. The Kier molecular flexibility index (Phi) is 3.49. The average Bonchev–Trinajstić information content (AvgIpc) is 2.32. The molecule has 0 heterocycles. The quantitative estimate of drug-likeness (QED) is 0.672. The van der Waals surface area contributed by atoms with E-state index in [0.717, 1.165) is 11.1 Å². The van der Waals surface area contributed by atoms with E-state index in [1.165, 1.54) is 23.3 Å². The second-order valence-corrected chi connectivity index (χ2v) is 4.70. The van der Waals surface area contributed by atoms with Crippen LogP contribution in [0.3, 0.4) is 0 Å². The maximum Gasteiger partial charge on any atom is 0.123 e. The lowest BCUT2D eigenvalue weighted by atomic mass is 10.00. The highest BCUT2D eigenvalue weighted by Crippen LogP contribution is 2.30. The molecule has 2 aromatic carbocycles. The number of rotatable bonds is 2. The van der Waals surface area contributed by atoms with E-state index in [0.29, 0.717) is 0 Å². The van der Waals surface area contributed by atoms with Crippen molar-refractivity contribution in [2.45, 2.75) is 19.2 Å². The predicted octanol–water partition coefficient (Wildman–Crippen LogP) is 4.77. The zero-order chi connectivity index (χ0) is 12.4. The largest absolute Gasteiger partial charge is 0.207 e. The summed E-state index contributed by atoms with van der Waals surface area (Å²) in [6.45, 7) is 4.11. The second-order valence-electron chi connectivity index (χ2n) is 4.26. The first-order chi connectivity index (χ1) is 8.08. The minimum Gasteiger partial charge on any atom is -0.207 e. The third-order valence-corrected chi connectivity index (χ3v) is 3.47. The van der Waals surface area contributed by atoms with Gasteiger partial charge < -0.3 is 0 Å². The maximum atomic E-state index is 13.1. The van der Waals surface area contributed by atoms with Crippen LogP contribution >= 0.6 is 11.6 Å². The summed E-state index contributed by atoms with van der Waals surface area (Å²) in [6, 6.07) is 12.5. The predicted molar refractivity (Wildman–Crippen MR) is 70.0 cm³/mol. The standard InChI is InChI=1S/C15H14ClF/c1-10-6-7-13(8-11(10)2)15(16)12-4-3-5-14(17)9-12/h3-9,15H,1-2H3. The molecule has 0 aliphatic heterocycles. The molecule has 0 saturated carbocycles. The average molecular weight is 249 g/mol. The Bertz CT molecular complexity index is 534. The highest BCUT2D eigenvalue weighted by molar-refractivity contribution is 6.22. The smallest absolute Gasteiger partial charge is 0.123 e. The van der Waals surface area contributed by atoms with Crippen molar-refractivity contribution in [3.8, 4) is 0 Å². The molecule has 0 aliphatic carbocycles. The van der Waals surface area contributed by atoms with Gasteiger partial charge >= 0.3 is 0 Å². The van der Waals surface area contributed by atoms with Crippen LogP contribution < -0.4 is 0 Å². The van der Waals surface area contributed by atoms with Gasteiger partial charge in [0.1, 0.15) is 5.82 Å². The van der Waals surface area contributed by atoms with Gasteiger partial charge in [0.2, 0.25) is 0 Å². The first kappa shape index (κ1) is 12.1. The molecule has 2 aromatic rings. The van der Waals surface area contributed by atoms with E-state index in [9.17, 15) is 4.39 Å². The summed E-state index contributed by atoms with van der Waals surface area (Å²) < 4.78 is 13.1. The lowest BCUT2D eigenvalue weighted by Gasteiger charge is -2.12. The van der Waals surface area contributed by atoms with Crippen LogP contribution in [0.4, 0.5) is 4.39 Å². The third kappa shape index (κ3) is 2.67. The van der Waals surface area contributed by atoms with Crippen molar-refractivity contribution in [2.24, 2.45) is 0 Å². The summed E-state index contributed by atoms with van der Waals surface area (Å²) in [7, 11) is 0. The molecule has 0 spiro atoms. The van der Waals surface area contributed by atoms with E-state index in [-0.39, 0.29) is 11.2 Å². The Morgan fingerprint density at radius 2 is 1.65 bits per heavy atom. The summed E-state index contributed by atoms with van der Waals surface area (Å²) in [6.07, 6.45) is 0. The van der Waals surface area contributed by atoms with Gasteiger partial charge in [-0.2, -0.15) is 0 Å². The Morgan fingerprint density at radius 1 is 0.941 bits per heavy atom. The van der Waals surface area contributed by atoms with Crippen molar-refractivity contribution < 1.29 is 4.39 Å². The molecule has 0 nitrogen and oxygen atoms in total. The maximum absolute atomic E-state index is 13.1. The molecule has 0 fully saturated rings. The Balaban J connectivity index is 2.36. The summed E-state index contributed by atoms with van der Waals surface area (Å²) in [4.78, 5) is 0. The van der Waals surface area contributed by atoms with Crippen LogP contribution in [0.25, 0.3) is 0 Å². The fourth-order valence-corrected chi connectivity index (χ4v) is 2.05. The Labute approximate surface area is 106 Å². The van der Waals surface area contributed by atoms with Gasteiger partial charge in [-0.25, -0.2) is 4.39 Å². The molecule has 2 heteroatoms. The van der Waals surface area contributed by atoms with Gasteiger partial charge in [-0.1, -0.05) is 30.3 Å². The molecular formula is C15H14ClF. The van der Waals surface area contributed by atoms with E-state index in [1.807, 2.05) is 25.1 Å². The first-order valence-electron chi connectivity index (χ1n) is 5.54. The number of aryl methyl sites for hydroxylation is 2. The molecule has 88 valence electrons. The minimum atomic E-state index is -0.301. The van der Waals surface area contributed by atoms with Gasteiger partial charge in [0.25, 0.3) is 0 Å². The zero-order valence-corrected chi connectivity index (χ0v) is 10.6. The number of hydrogen-bond donors (Lipinski definition) is 0. The van der Waals surface area contributed by atoms with Crippen LogP contribution in [0.5, 0.6) is 0 Å². The monoisotopic (exact) mass is 248 g/mol. The molecule has 0 bridgehead atoms. The molecule has 1 unspecified atom stereocenters. The van der Waals surface area contributed by atoms with Crippen molar-refractivity contribution in [2.75, 3.05) is 0 Å². The normalized spacial score (nSPS) is 12.5. The SMILES string of the molecule is Cc1ccc(C(Cl)c2cccc(F)c2)cc1C. The van der Waals surface area contributed by atoms with E-state index in [2.05, 4.69) is 13.0 Å². The highest BCUT2D eigenvalue weighted by atomic mass is 35.5. The van der Waals surface area contributed by atoms with E-state index < -0.39 is 0 Å². The van der Waals surface area contributed by atoms with Gasteiger partial charge in [0, 0.05) is 0 Å².